The van der Waals surface area contributed by atoms with E-state index in [-0.39, 0.29) is 11.5 Å². The third-order valence-corrected chi connectivity index (χ3v) is 5.28. The highest BCUT2D eigenvalue weighted by atomic mass is 19.1. The van der Waals surface area contributed by atoms with Crippen LogP contribution in [0.15, 0.2) is 18.2 Å². The van der Waals surface area contributed by atoms with E-state index in [4.69, 9.17) is 5.11 Å². The van der Waals surface area contributed by atoms with Gasteiger partial charge in [-0.1, -0.05) is 0 Å². The number of halogens is 2. The molecule has 1 aromatic carbocycles. The lowest BCUT2D eigenvalue weighted by Gasteiger charge is -2.39. The Labute approximate surface area is 143 Å². The number of rotatable bonds is 4. The lowest BCUT2D eigenvalue weighted by molar-refractivity contribution is -0.157. The largest absolute Gasteiger partial charge is 0.481 e. The van der Waals surface area contributed by atoms with Crippen molar-refractivity contribution in [1.29, 1.82) is 0 Å². The standard InChI is InChI=1S/C18H19F2NO4/c19-11-1-4-15(20)14(9-11)16(22)10-5-7-21(8-6-10)17(23)12-2-3-13(12)18(24)25/h1,4,9-10,12-13H,2-3,5-8H2,(H,24,25). The van der Waals surface area contributed by atoms with Gasteiger partial charge in [0.1, 0.15) is 11.6 Å². The maximum Gasteiger partial charge on any atom is 0.307 e. The number of carboxylic acids is 1. The number of carboxylic acid groups (broad SMARTS) is 1. The number of likely N-dealkylation sites (tertiary alicyclic amines) is 1. The molecule has 7 heteroatoms. The number of carbonyl (C=O) groups is 3. The van der Waals surface area contributed by atoms with Crippen LogP contribution in [0, 0.1) is 29.4 Å². The Balaban J connectivity index is 1.60. The number of hydrogen-bond donors (Lipinski definition) is 1. The molecule has 1 aliphatic carbocycles. The van der Waals surface area contributed by atoms with E-state index in [2.05, 4.69) is 0 Å². The van der Waals surface area contributed by atoms with E-state index in [9.17, 15) is 23.2 Å². The van der Waals surface area contributed by atoms with Gasteiger partial charge in [-0.25, -0.2) is 8.78 Å². The van der Waals surface area contributed by atoms with E-state index < -0.39 is 41.1 Å². The predicted octanol–water partition coefficient (Wildman–Crippen LogP) is 2.50. The smallest absolute Gasteiger partial charge is 0.307 e. The Morgan fingerprint density at radius 2 is 1.64 bits per heavy atom. The van der Waals surface area contributed by atoms with Crippen LogP contribution < -0.4 is 0 Å². The molecule has 1 N–H and O–H groups in total. The summed E-state index contributed by atoms with van der Waals surface area (Å²) in [5, 5.41) is 9.06. The predicted molar refractivity (Wildman–Crippen MR) is 83.8 cm³/mol. The maximum atomic E-state index is 13.8. The van der Waals surface area contributed by atoms with E-state index in [1.54, 1.807) is 4.90 Å². The number of hydrogen-bond acceptors (Lipinski definition) is 3. The van der Waals surface area contributed by atoms with Gasteiger partial charge in [0.05, 0.1) is 17.4 Å². The van der Waals surface area contributed by atoms with Crippen LogP contribution in [0.25, 0.3) is 0 Å². The first-order valence-corrected chi connectivity index (χ1v) is 8.39. The number of benzene rings is 1. The number of aliphatic carboxylic acids is 1. The van der Waals surface area contributed by atoms with Crippen LogP contribution >= 0.6 is 0 Å². The fraction of sp³-hybridized carbons (Fsp3) is 0.500. The van der Waals surface area contributed by atoms with Gasteiger partial charge >= 0.3 is 5.97 Å². The zero-order chi connectivity index (χ0) is 18.1. The summed E-state index contributed by atoms with van der Waals surface area (Å²) in [6, 6.07) is 2.80. The number of nitrogens with zero attached hydrogens (tertiary/aromatic N) is 1. The van der Waals surface area contributed by atoms with E-state index in [1.807, 2.05) is 0 Å². The number of ketones is 1. The lowest BCUT2D eigenvalue weighted by atomic mass is 9.72. The number of Topliss-reactive ketones (excluding diaryl/α,β-unsaturated/α-hetero) is 1. The summed E-state index contributed by atoms with van der Waals surface area (Å²) >= 11 is 0. The first kappa shape index (κ1) is 17.5. The van der Waals surface area contributed by atoms with Gasteiger partial charge in [0.2, 0.25) is 5.91 Å². The fourth-order valence-electron chi connectivity index (χ4n) is 3.59. The zero-order valence-electron chi connectivity index (χ0n) is 13.6. The summed E-state index contributed by atoms with van der Waals surface area (Å²) in [6.07, 6.45) is 1.82. The van der Waals surface area contributed by atoms with Crippen LogP contribution in [0.3, 0.4) is 0 Å². The maximum absolute atomic E-state index is 13.8. The van der Waals surface area contributed by atoms with E-state index >= 15 is 0 Å². The Bertz CT molecular complexity index is 713. The minimum Gasteiger partial charge on any atom is -0.481 e. The van der Waals surface area contributed by atoms with Crippen LogP contribution in [0.5, 0.6) is 0 Å². The van der Waals surface area contributed by atoms with Gasteiger partial charge in [-0.05, 0) is 43.9 Å². The molecule has 0 bridgehead atoms. The molecule has 134 valence electrons. The third-order valence-electron chi connectivity index (χ3n) is 5.28. The van der Waals surface area contributed by atoms with Gasteiger partial charge in [0.25, 0.3) is 0 Å². The fourth-order valence-corrected chi connectivity index (χ4v) is 3.59. The van der Waals surface area contributed by atoms with Gasteiger partial charge < -0.3 is 10.0 Å². The lowest BCUT2D eigenvalue weighted by Crippen LogP contribution is -2.49. The van der Waals surface area contributed by atoms with E-state index in [0.717, 1.165) is 18.2 Å². The number of piperidine rings is 1. The van der Waals surface area contributed by atoms with E-state index in [0.29, 0.717) is 38.8 Å². The van der Waals surface area contributed by atoms with Gasteiger partial charge in [-0.3, -0.25) is 14.4 Å². The monoisotopic (exact) mass is 351 g/mol. The van der Waals surface area contributed by atoms with Crippen LogP contribution in [-0.4, -0.2) is 40.8 Å². The number of amides is 1. The van der Waals surface area contributed by atoms with Gasteiger partial charge in [-0.2, -0.15) is 0 Å². The van der Waals surface area contributed by atoms with Crippen molar-refractivity contribution in [1.82, 2.24) is 4.90 Å². The average Bonchev–Trinajstić information content (AvgIpc) is 2.55. The Hall–Kier alpha value is -2.31. The zero-order valence-corrected chi connectivity index (χ0v) is 13.6. The van der Waals surface area contributed by atoms with Crippen molar-refractivity contribution in [3.63, 3.8) is 0 Å². The molecular formula is C18H19F2NO4. The second kappa shape index (κ2) is 6.90. The molecule has 1 amide bonds. The quantitative estimate of drug-likeness (QED) is 0.846. The molecule has 2 aliphatic rings. The van der Waals surface area contributed by atoms with Gasteiger partial charge in [0.15, 0.2) is 5.78 Å². The van der Waals surface area contributed by atoms with Crippen LogP contribution in [0.4, 0.5) is 8.78 Å². The van der Waals surface area contributed by atoms with Crippen molar-refractivity contribution in [2.75, 3.05) is 13.1 Å². The highest BCUT2D eigenvalue weighted by Gasteiger charge is 2.44. The molecular weight excluding hydrogens is 332 g/mol. The normalized spacial score (nSPS) is 23.8. The van der Waals surface area contributed by atoms with Crippen molar-refractivity contribution >= 4 is 17.7 Å². The molecule has 1 heterocycles. The summed E-state index contributed by atoms with van der Waals surface area (Å²) in [7, 11) is 0. The third kappa shape index (κ3) is 3.41. The highest BCUT2D eigenvalue weighted by molar-refractivity contribution is 5.98. The molecule has 3 rings (SSSR count). The summed E-state index contributed by atoms with van der Waals surface area (Å²) in [5.41, 5.74) is -0.255. The average molecular weight is 351 g/mol. The molecule has 0 spiro atoms. The molecule has 1 saturated carbocycles. The van der Waals surface area contributed by atoms with Crippen LogP contribution in [0.1, 0.15) is 36.0 Å². The molecule has 0 aromatic heterocycles. The molecule has 1 aromatic rings. The second-order valence-electron chi connectivity index (χ2n) is 6.72. The minimum absolute atomic E-state index is 0.179. The Morgan fingerprint density at radius 1 is 1.00 bits per heavy atom. The van der Waals surface area contributed by atoms with Crippen molar-refractivity contribution in [2.24, 2.45) is 17.8 Å². The molecule has 5 nitrogen and oxygen atoms in total. The van der Waals surface area contributed by atoms with Gasteiger partial charge in [0, 0.05) is 19.0 Å². The first-order chi connectivity index (χ1) is 11.9. The molecule has 2 unspecified atom stereocenters. The Morgan fingerprint density at radius 3 is 2.20 bits per heavy atom. The topological polar surface area (TPSA) is 74.7 Å². The number of carbonyl (C=O) groups excluding carboxylic acids is 2. The minimum atomic E-state index is -0.948. The first-order valence-electron chi connectivity index (χ1n) is 8.39. The molecule has 1 saturated heterocycles. The van der Waals surface area contributed by atoms with Crippen molar-refractivity contribution < 1.29 is 28.3 Å². The highest BCUT2D eigenvalue weighted by Crippen LogP contribution is 2.37. The van der Waals surface area contributed by atoms with Crippen LogP contribution in [-0.2, 0) is 9.59 Å². The molecule has 2 fully saturated rings. The SMILES string of the molecule is O=C(c1cc(F)ccc1F)C1CCN(C(=O)C2CCC2C(=O)O)CC1. The summed E-state index contributed by atoms with van der Waals surface area (Å²) < 4.78 is 27.0. The summed E-state index contributed by atoms with van der Waals surface area (Å²) in [5.74, 6) is -4.55. The molecule has 25 heavy (non-hydrogen) atoms. The summed E-state index contributed by atoms with van der Waals surface area (Å²) in [4.78, 5) is 37.5. The van der Waals surface area contributed by atoms with Crippen LogP contribution in [0.2, 0.25) is 0 Å². The molecule has 0 radical (unpaired) electrons. The second-order valence-corrected chi connectivity index (χ2v) is 6.72. The van der Waals surface area contributed by atoms with E-state index in [1.165, 1.54) is 0 Å². The Kier molecular flexibility index (Phi) is 4.83. The van der Waals surface area contributed by atoms with Gasteiger partial charge in [-0.15, -0.1) is 0 Å². The molecule has 2 atom stereocenters. The van der Waals surface area contributed by atoms with Crippen molar-refractivity contribution in [2.45, 2.75) is 25.7 Å². The molecule has 1 aliphatic heterocycles. The van der Waals surface area contributed by atoms with Crippen molar-refractivity contribution in [3.8, 4) is 0 Å². The van der Waals surface area contributed by atoms with Crippen molar-refractivity contribution in [3.05, 3.63) is 35.4 Å². The summed E-state index contributed by atoms with van der Waals surface area (Å²) in [6.45, 7) is 0.657.